The van der Waals surface area contributed by atoms with Crippen LogP contribution in [-0.4, -0.2) is 3.21 Å². The zero-order valence-corrected chi connectivity index (χ0v) is 32.7. The van der Waals surface area contributed by atoms with E-state index in [1.165, 1.54) is 33.4 Å². The minimum Gasteiger partial charge on any atom is -1.00 e. The Kier molecular flexibility index (Phi) is 11.2. The van der Waals surface area contributed by atoms with Crippen LogP contribution in [0.1, 0.15) is 95.2 Å². The molecule has 0 heterocycles. The molecule has 0 unspecified atom stereocenters. The van der Waals surface area contributed by atoms with Crippen molar-refractivity contribution < 1.29 is 46.1 Å². The SMILES string of the molecule is CC(C)(C)c1ccc2c(c1)Cc1c-2ccc(C(C)(C)C)[c]1/[Zr+2]([C]1=CC=CC1)=[C](/Cc1ccccc1)C(C)(C)c1ccccc1.[Cl-].[Cl-]. The third-order valence-corrected chi connectivity index (χ3v) is 18.4. The summed E-state index contributed by atoms with van der Waals surface area (Å²) in [5.41, 5.74) is 12.1. The summed E-state index contributed by atoms with van der Waals surface area (Å²) in [5, 5.41) is 0. The van der Waals surface area contributed by atoms with Crippen molar-refractivity contribution in [1.29, 1.82) is 0 Å². The Morgan fingerprint density at radius 3 is 1.89 bits per heavy atom. The van der Waals surface area contributed by atoms with E-state index >= 15 is 0 Å². The van der Waals surface area contributed by atoms with Gasteiger partial charge in [0.15, 0.2) is 0 Å². The molecule has 0 aromatic heterocycles. The van der Waals surface area contributed by atoms with Gasteiger partial charge in [-0.15, -0.1) is 0 Å². The van der Waals surface area contributed by atoms with Gasteiger partial charge >= 0.3 is 276 Å². The molecule has 0 fully saturated rings. The topological polar surface area (TPSA) is 0 Å². The zero-order valence-electron chi connectivity index (χ0n) is 28.8. The Labute approximate surface area is 298 Å². The van der Waals surface area contributed by atoms with Gasteiger partial charge in [0.25, 0.3) is 0 Å². The van der Waals surface area contributed by atoms with E-state index in [0.29, 0.717) is 0 Å². The standard InChI is InChI=1S/C21H25.C17H18.C5H5.2ClH.Zr/c1-20(2,3)16-7-9-18-14(12-16)11-15-13-17(21(4,5)6)8-10-19(15)18;1-17(2,16-11-7-4-8-12-16)14-13-15-9-5-3-6-10-15;1-2-4-5-3-1;;;/h7-10,12H,11H2,1-6H3;3-12H,13H2,1-2H3;1-3H,4H2;2*1H;/q;;;;;+2/p-2. The quantitative estimate of drug-likeness (QED) is 0.245. The molecule has 0 saturated carbocycles. The van der Waals surface area contributed by atoms with Crippen LogP contribution in [0.25, 0.3) is 11.1 Å². The Balaban J connectivity index is 0.00000240. The van der Waals surface area contributed by atoms with Crippen molar-refractivity contribution in [3.05, 3.63) is 146 Å². The molecule has 3 heteroatoms. The molecule has 0 bridgehead atoms. The van der Waals surface area contributed by atoms with E-state index in [9.17, 15) is 0 Å². The van der Waals surface area contributed by atoms with Crippen molar-refractivity contribution in [1.82, 2.24) is 0 Å². The molecule has 0 N–H and O–H groups in total. The molecule has 0 atom stereocenters. The maximum absolute atomic E-state index is 2.73. The smallest absolute Gasteiger partial charge is 1.00 e. The predicted molar refractivity (Wildman–Crippen MR) is 188 cm³/mol. The molecule has 0 saturated heterocycles. The summed E-state index contributed by atoms with van der Waals surface area (Å²) in [7, 11) is 0. The Morgan fingerprint density at radius 1 is 0.674 bits per heavy atom. The van der Waals surface area contributed by atoms with E-state index in [1.807, 2.05) is 0 Å². The first-order valence-electron chi connectivity index (χ1n) is 16.4. The van der Waals surface area contributed by atoms with Gasteiger partial charge in [0, 0.05) is 0 Å². The van der Waals surface area contributed by atoms with E-state index in [2.05, 4.69) is 165 Å². The van der Waals surface area contributed by atoms with Crippen molar-refractivity contribution in [3.8, 4) is 11.1 Å². The Bertz CT molecular complexity index is 1790. The van der Waals surface area contributed by atoms with Gasteiger partial charge in [0.1, 0.15) is 0 Å². The third-order valence-electron chi connectivity index (χ3n) is 9.87. The molecule has 0 nitrogen and oxygen atoms in total. The van der Waals surface area contributed by atoms with Gasteiger partial charge in [-0.25, -0.2) is 0 Å². The number of fused-ring (bicyclic) bond motifs is 3. The fourth-order valence-corrected chi connectivity index (χ4v) is 17.1. The summed E-state index contributed by atoms with van der Waals surface area (Å²) >= 11 is -2.73. The second-order valence-corrected chi connectivity index (χ2v) is 21.5. The van der Waals surface area contributed by atoms with E-state index < -0.39 is 21.3 Å². The van der Waals surface area contributed by atoms with Crippen LogP contribution in [0.5, 0.6) is 0 Å². The van der Waals surface area contributed by atoms with Crippen LogP contribution in [0.2, 0.25) is 0 Å². The van der Waals surface area contributed by atoms with Gasteiger partial charge in [-0.1, -0.05) is 0 Å². The van der Waals surface area contributed by atoms with Gasteiger partial charge < -0.3 is 24.8 Å². The van der Waals surface area contributed by atoms with Gasteiger partial charge in [-0.3, -0.25) is 0 Å². The Hall–Kier alpha value is -2.31. The van der Waals surface area contributed by atoms with Crippen LogP contribution in [0, 0.1) is 0 Å². The number of benzene rings is 4. The first-order chi connectivity index (χ1) is 20.9. The van der Waals surface area contributed by atoms with Gasteiger partial charge in [-0.05, 0) is 0 Å². The zero-order chi connectivity index (χ0) is 31.3. The van der Waals surface area contributed by atoms with Crippen molar-refractivity contribution in [2.45, 2.75) is 90.9 Å². The molecule has 2 aliphatic rings. The maximum Gasteiger partial charge on any atom is -1.00 e. The van der Waals surface area contributed by atoms with Crippen molar-refractivity contribution in [3.63, 3.8) is 0 Å². The summed E-state index contributed by atoms with van der Waals surface area (Å²) in [6, 6.07) is 34.9. The molecule has 238 valence electrons. The molecule has 46 heavy (non-hydrogen) atoms. The summed E-state index contributed by atoms with van der Waals surface area (Å²) in [4.78, 5) is 0. The molecular weight excluding hydrogens is 679 g/mol. The predicted octanol–water partition coefficient (Wildman–Crippen LogP) is 4.34. The number of halogens is 2. The van der Waals surface area contributed by atoms with Crippen LogP contribution in [-0.2, 0) is 50.4 Å². The number of hydrogen-bond donors (Lipinski definition) is 0. The van der Waals surface area contributed by atoms with Gasteiger partial charge in [-0.2, -0.15) is 0 Å². The van der Waals surface area contributed by atoms with Crippen LogP contribution in [0.3, 0.4) is 0 Å². The number of allylic oxidation sites excluding steroid dienone is 4. The second kappa shape index (κ2) is 14.0. The molecule has 4 aromatic rings. The van der Waals surface area contributed by atoms with Gasteiger partial charge in [0.05, 0.1) is 0 Å². The molecular formula is C43H48Cl2Zr. The third kappa shape index (κ3) is 7.09. The summed E-state index contributed by atoms with van der Waals surface area (Å²) in [6.07, 6.45) is 10.4. The van der Waals surface area contributed by atoms with E-state index in [1.54, 1.807) is 20.9 Å². The van der Waals surface area contributed by atoms with Crippen molar-refractivity contribution >= 4 is 6.48 Å². The molecule has 6 rings (SSSR count). The average Bonchev–Trinajstić information content (AvgIpc) is 3.65. The molecule has 0 spiro atoms. The second-order valence-electron chi connectivity index (χ2n) is 15.4. The fourth-order valence-electron chi connectivity index (χ4n) is 7.24. The van der Waals surface area contributed by atoms with Crippen LogP contribution in [0.15, 0.2) is 113 Å². The van der Waals surface area contributed by atoms with E-state index in [-0.39, 0.29) is 41.1 Å². The summed E-state index contributed by atoms with van der Waals surface area (Å²) in [6.45, 7) is 19.3. The summed E-state index contributed by atoms with van der Waals surface area (Å²) in [5.74, 6) is 0. The molecule has 0 radical (unpaired) electrons. The minimum absolute atomic E-state index is 0. The largest absolute Gasteiger partial charge is 1.00 e. The first-order valence-corrected chi connectivity index (χ1v) is 20.0. The first kappa shape index (κ1) is 36.5. The van der Waals surface area contributed by atoms with Crippen LogP contribution < -0.4 is 28.1 Å². The summed E-state index contributed by atoms with van der Waals surface area (Å²) < 4.78 is 5.24. The number of hydrogen-bond acceptors (Lipinski definition) is 0. The fraction of sp³-hybridized carbons (Fsp3) is 0.326. The normalized spacial score (nSPS) is 14.1. The minimum atomic E-state index is -2.73. The van der Waals surface area contributed by atoms with Crippen molar-refractivity contribution in [2.24, 2.45) is 0 Å². The number of rotatable bonds is 6. The van der Waals surface area contributed by atoms with Crippen LogP contribution >= 0.6 is 0 Å². The molecule has 0 amide bonds. The van der Waals surface area contributed by atoms with Crippen molar-refractivity contribution in [2.75, 3.05) is 0 Å². The van der Waals surface area contributed by atoms with Crippen LogP contribution in [0.4, 0.5) is 0 Å². The van der Waals surface area contributed by atoms with E-state index in [0.717, 1.165) is 19.3 Å². The molecule has 0 aliphatic heterocycles. The molecule has 2 aliphatic carbocycles. The molecule has 4 aromatic carbocycles. The van der Waals surface area contributed by atoms with E-state index in [4.69, 9.17) is 0 Å². The maximum atomic E-state index is 2.51. The van der Waals surface area contributed by atoms with Gasteiger partial charge in [0.2, 0.25) is 0 Å². The monoisotopic (exact) mass is 724 g/mol. The Morgan fingerprint density at radius 2 is 1.30 bits per heavy atom. The average molecular weight is 727 g/mol.